The molecule has 0 aliphatic heterocycles. The summed E-state index contributed by atoms with van der Waals surface area (Å²) in [7, 11) is 0. The number of carbonyl (C=O) groups is 2. The Bertz CT molecular complexity index is 1660. The number of rotatable bonds is 9. The average Bonchev–Trinajstić information content (AvgIpc) is 3.66. The zero-order chi connectivity index (χ0) is 31.9. The first-order valence-electron chi connectivity index (χ1n) is 14.7. The lowest BCUT2D eigenvalue weighted by Crippen LogP contribution is -2.34. The zero-order valence-corrected chi connectivity index (χ0v) is 25.2. The van der Waals surface area contributed by atoms with E-state index >= 15 is 0 Å². The van der Waals surface area contributed by atoms with Crippen LogP contribution in [-0.4, -0.2) is 33.3 Å². The molecule has 6 nitrogen and oxygen atoms in total. The molecule has 232 valence electrons. The molecule has 1 aliphatic carbocycles. The quantitative estimate of drug-likeness (QED) is 0.189. The van der Waals surface area contributed by atoms with Crippen molar-refractivity contribution in [2.45, 2.75) is 71.2 Å². The van der Waals surface area contributed by atoms with Gasteiger partial charge in [-0.25, -0.2) is 0 Å². The summed E-state index contributed by atoms with van der Waals surface area (Å²) in [6.07, 6.45) is -0.985. The van der Waals surface area contributed by atoms with Gasteiger partial charge in [-0.05, 0) is 74.9 Å². The van der Waals surface area contributed by atoms with Crippen LogP contribution in [0.2, 0.25) is 0 Å². The predicted octanol–water partition coefficient (Wildman–Crippen LogP) is 7.98. The Morgan fingerprint density at radius 2 is 1.66 bits per heavy atom. The minimum absolute atomic E-state index is 0.105. The standard InChI is InChI=1S/C35H37F3N2O4/c1-22(35(36,37)38)29(25-14-12-23(13-15-25)20-40-21-26-9-5-6-11-28(26)31(40)42)30(41)39-27-10-7-8-24(18-27)19-34(16-17-34)32(43)44-33(2,3)4/h5-15,18,21-22,29,42H,16-17,19-20H2,1-4H3,(H,39,41)/t22-,29+/m1/s1. The number of hydrogen-bond acceptors (Lipinski definition) is 4. The van der Waals surface area contributed by atoms with Crippen LogP contribution in [0, 0.1) is 11.3 Å². The summed E-state index contributed by atoms with van der Waals surface area (Å²) in [5.41, 5.74) is 0.917. The van der Waals surface area contributed by atoms with Crippen LogP contribution in [0.3, 0.4) is 0 Å². The van der Waals surface area contributed by atoms with E-state index in [1.807, 2.05) is 57.3 Å². The minimum Gasteiger partial charge on any atom is -0.494 e. The monoisotopic (exact) mass is 606 g/mol. The third kappa shape index (κ3) is 6.93. The lowest BCUT2D eigenvalue weighted by Gasteiger charge is -2.26. The highest BCUT2D eigenvalue weighted by Crippen LogP contribution is 2.50. The number of amides is 1. The van der Waals surface area contributed by atoms with Gasteiger partial charge in [-0.3, -0.25) is 9.59 Å². The normalized spacial score (nSPS) is 15.9. The van der Waals surface area contributed by atoms with Crippen molar-refractivity contribution in [1.29, 1.82) is 0 Å². The molecular formula is C35H37F3N2O4. The van der Waals surface area contributed by atoms with E-state index in [0.717, 1.165) is 23.4 Å². The minimum atomic E-state index is -4.61. The Kier molecular flexibility index (Phi) is 8.27. The maximum absolute atomic E-state index is 14.0. The third-order valence-corrected chi connectivity index (χ3v) is 8.18. The van der Waals surface area contributed by atoms with Crippen LogP contribution in [0.4, 0.5) is 18.9 Å². The molecule has 1 saturated carbocycles. The zero-order valence-electron chi connectivity index (χ0n) is 25.2. The van der Waals surface area contributed by atoms with Crippen molar-refractivity contribution in [1.82, 2.24) is 4.57 Å². The maximum atomic E-state index is 14.0. The summed E-state index contributed by atoms with van der Waals surface area (Å²) in [4.78, 5) is 26.3. The van der Waals surface area contributed by atoms with Gasteiger partial charge in [0.15, 0.2) is 5.88 Å². The van der Waals surface area contributed by atoms with Crippen LogP contribution in [0.1, 0.15) is 63.1 Å². The Morgan fingerprint density at radius 3 is 2.27 bits per heavy atom. The summed E-state index contributed by atoms with van der Waals surface area (Å²) in [5, 5.41) is 14.9. The molecule has 1 aromatic heterocycles. The number of ether oxygens (including phenoxy) is 1. The molecule has 44 heavy (non-hydrogen) atoms. The van der Waals surface area contributed by atoms with E-state index in [1.165, 1.54) is 12.1 Å². The fourth-order valence-electron chi connectivity index (χ4n) is 5.56. The number of aromatic hydroxyl groups is 1. The molecular weight excluding hydrogens is 569 g/mol. The van der Waals surface area contributed by atoms with E-state index < -0.39 is 34.9 Å². The number of carbonyl (C=O) groups excluding carboxylic acids is 2. The summed E-state index contributed by atoms with van der Waals surface area (Å²) in [6.45, 7) is 6.77. The van der Waals surface area contributed by atoms with E-state index in [9.17, 15) is 27.9 Å². The van der Waals surface area contributed by atoms with E-state index in [2.05, 4.69) is 5.32 Å². The van der Waals surface area contributed by atoms with E-state index in [-0.39, 0.29) is 17.4 Å². The van der Waals surface area contributed by atoms with Gasteiger partial charge in [-0.1, -0.05) is 61.5 Å². The highest BCUT2D eigenvalue weighted by Gasteiger charge is 2.52. The Hall–Kier alpha value is -4.27. The summed E-state index contributed by atoms with van der Waals surface area (Å²) >= 11 is 0. The smallest absolute Gasteiger partial charge is 0.392 e. The number of nitrogens with one attached hydrogen (secondary N) is 1. The van der Waals surface area contributed by atoms with E-state index in [4.69, 9.17) is 4.74 Å². The molecule has 3 aromatic carbocycles. The molecule has 0 unspecified atom stereocenters. The van der Waals surface area contributed by atoms with Crippen LogP contribution in [0.15, 0.2) is 79.0 Å². The number of anilines is 1. The second-order valence-corrected chi connectivity index (χ2v) is 12.9. The molecule has 1 heterocycles. The number of benzene rings is 3. The van der Waals surface area contributed by atoms with Gasteiger partial charge >= 0.3 is 12.1 Å². The molecule has 2 N–H and O–H groups in total. The molecule has 9 heteroatoms. The average molecular weight is 607 g/mol. The maximum Gasteiger partial charge on any atom is 0.392 e. The van der Waals surface area contributed by atoms with Gasteiger partial charge in [0.05, 0.1) is 23.8 Å². The molecule has 0 radical (unpaired) electrons. The summed E-state index contributed by atoms with van der Waals surface area (Å²) in [6, 6.07) is 20.7. The molecule has 0 saturated heterocycles. The molecule has 0 bridgehead atoms. The fourth-order valence-corrected chi connectivity index (χ4v) is 5.56. The van der Waals surface area contributed by atoms with E-state index in [0.29, 0.717) is 36.9 Å². The fraction of sp³-hybridized carbons (Fsp3) is 0.371. The van der Waals surface area contributed by atoms with Crippen LogP contribution in [0.5, 0.6) is 5.88 Å². The van der Waals surface area contributed by atoms with E-state index in [1.54, 1.807) is 34.9 Å². The third-order valence-electron chi connectivity index (χ3n) is 8.18. The molecule has 2 atom stereocenters. The van der Waals surface area contributed by atoms with Gasteiger partial charge < -0.3 is 19.7 Å². The van der Waals surface area contributed by atoms with Gasteiger partial charge in [0.1, 0.15) is 5.60 Å². The van der Waals surface area contributed by atoms with Gasteiger partial charge in [0.2, 0.25) is 5.91 Å². The summed E-state index contributed by atoms with van der Waals surface area (Å²) < 4.78 is 49.2. The number of alkyl halides is 3. The van der Waals surface area contributed by atoms with Crippen molar-refractivity contribution >= 4 is 28.3 Å². The highest BCUT2D eigenvalue weighted by molar-refractivity contribution is 5.96. The largest absolute Gasteiger partial charge is 0.494 e. The van der Waals surface area contributed by atoms with Crippen LogP contribution < -0.4 is 5.32 Å². The van der Waals surface area contributed by atoms with Gasteiger partial charge in [0, 0.05) is 22.7 Å². The predicted molar refractivity (Wildman–Crippen MR) is 163 cm³/mol. The van der Waals surface area contributed by atoms with Crippen molar-refractivity contribution in [3.05, 3.63) is 95.7 Å². The van der Waals surface area contributed by atoms with Crippen molar-refractivity contribution in [3.63, 3.8) is 0 Å². The molecule has 5 rings (SSSR count). The highest BCUT2D eigenvalue weighted by atomic mass is 19.4. The second-order valence-electron chi connectivity index (χ2n) is 12.9. The van der Waals surface area contributed by atoms with Crippen molar-refractivity contribution in [2.24, 2.45) is 11.3 Å². The molecule has 0 spiro atoms. The second kappa shape index (κ2) is 11.7. The topological polar surface area (TPSA) is 80.6 Å². The number of hydrogen-bond donors (Lipinski definition) is 2. The molecule has 1 amide bonds. The SMILES string of the molecule is C[C@H]([C@H](C(=O)Nc1cccc(CC2(C(=O)OC(C)(C)C)CC2)c1)c1ccc(Cn2cc3ccccc3c2O)cc1)C(F)(F)F. The molecule has 1 fully saturated rings. The van der Waals surface area contributed by atoms with Gasteiger partial charge in [-0.15, -0.1) is 0 Å². The van der Waals surface area contributed by atoms with Gasteiger partial charge in [0.25, 0.3) is 0 Å². The van der Waals surface area contributed by atoms with Crippen LogP contribution in [0.25, 0.3) is 10.8 Å². The number of fused-ring (bicyclic) bond motifs is 1. The lowest BCUT2D eigenvalue weighted by molar-refractivity contribution is -0.178. The Labute approximate surface area is 254 Å². The number of halogens is 3. The first-order chi connectivity index (χ1) is 20.6. The summed E-state index contributed by atoms with van der Waals surface area (Å²) in [5.74, 6) is -4.37. The lowest BCUT2D eigenvalue weighted by atomic mass is 9.85. The Morgan fingerprint density at radius 1 is 0.977 bits per heavy atom. The van der Waals surface area contributed by atoms with Crippen LogP contribution in [-0.2, 0) is 27.3 Å². The molecule has 1 aliphatic rings. The first-order valence-corrected chi connectivity index (χ1v) is 14.7. The number of nitrogens with zero attached hydrogens (tertiary/aromatic N) is 1. The number of aromatic nitrogens is 1. The first kappa shape index (κ1) is 31.2. The molecule has 4 aromatic rings. The Balaban J connectivity index is 1.33. The van der Waals surface area contributed by atoms with Crippen molar-refractivity contribution in [3.8, 4) is 5.88 Å². The van der Waals surface area contributed by atoms with Gasteiger partial charge in [-0.2, -0.15) is 13.2 Å². The van der Waals surface area contributed by atoms with Crippen molar-refractivity contribution in [2.75, 3.05) is 5.32 Å². The van der Waals surface area contributed by atoms with Crippen LogP contribution >= 0.6 is 0 Å². The number of esters is 1. The van der Waals surface area contributed by atoms with Crippen molar-refractivity contribution < 1.29 is 32.6 Å².